The molecule has 0 aliphatic rings. The third-order valence-corrected chi connectivity index (χ3v) is 2.77. The van der Waals surface area contributed by atoms with E-state index in [1.165, 1.54) is 6.07 Å². The van der Waals surface area contributed by atoms with Gasteiger partial charge in [0, 0.05) is 5.39 Å². The Hall–Kier alpha value is -1.99. The van der Waals surface area contributed by atoms with Gasteiger partial charge in [-0.2, -0.15) is 4.39 Å². The number of aromatic hydroxyl groups is 1. The molecule has 0 saturated heterocycles. The molecule has 0 atom stereocenters. The zero-order valence-corrected chi connectivity index (χ0v) is 12.3. The van der Waals surface area contributed by atoms with E-state index in [0.29, 0.717) is 12.0 Å². The van der Waals surface area contributed by atoms with Crippen molar-refractivity contribution in [1.29, 1.82) is 0 Å². The molecule has 4 nitrogen and oxygen atoms in total. The van der Waals surface area contributed by atoms with Gasteiger partial charge in [0.25, 0.3) is 0 Å². The second kappa shape index (κ2) is 6.85. The monoisotopic (exact) mass is 318 g/mol. The van der Waals surface area contributed by atoms with Gasteiger partial charge in [-0.05, 0) is 35.6 Å². The summed E-state index contributed by atoms with van der Waals surface area (Å²) < 4.78 is 44.0. The van der Waals surface area contributed by atoms with E-state index in [9.17, 15) is 18.3 Å². The van der Waals surface area contributed by atoms with Crippen LogP contribution in [0.3, 0.4) is 0 Å². The molecule has 2 rings (SSSR count). The maximum absolute atomic E-state index is 13.7. The summed E-state index contributed by atoms with van der Waals surface area (Å²) in [5.41, 5.74) is 0.332. The van der Waals surface area contributed by atoms with Gasteiger partial charge < -0.3 is 20.1 Å². The van der Waals surface area contributed by atoms with Crippen molar-refractivity contribution in [2.75, 3.05) is 0 Å². The van der Waals surface area contributed by atoms with Crippen LogP contribution in [0.25, 0.3) is 10.8 Å². The Bertz CT molecular complexity index is 666. The van der Waals surface area contributed by atoms with E-state index in [2.05, 4.69) is 4.74 Å². The molecule has 0 aliphatic carbocycles. The zero-order valence-electron chi connectivity index (χ0n) is 12.3. The van der Waals surface area contributed by atoms with Gasteiger partial charge in [-0.1, -0.05) is 20.8 Å². The molecule has 0 fully saturated rings. The van der Waals surface area contributed by atoms with Crippen molar-refractivity contribution in [3.8, 4) is 11.5 Å². The van der Waals surface area contributed by atoms with Gasteiger partial charge in [0.05, 0.1) is 0 Å². The number of hydrogen-bond donors (Lipinski definition) is 3. The van der Waals surface area contributed by atoms with Crippen LogP contribution in [0.4, 0.5) is 13.2 Å². The van der Waals surface area contributed by atoms with Gasteiger partial charge in [-0.25, -0.2) is 4.39 Å². The number of phenols is 1. The predicted octanol–water partition coefficient (Wildman–Crippen LogP) is 3.36. The average molecular weight is 318 g/mol. The van der Waals surface area contributed by atoms with E-state index >= 15 is 0 Å². The first-order valence-corrected chi connectivity index (χ1v) is 6.69. The minimum absolute atomic E-state index is 0.0417. The molecule has 22 heavy (non-hydrogen) atoms. The summed E-state index contributed by atoms with van der Waals surface area (Å²) in [7, 11) is 0. The Morgan fingerprint density at radius 1 is 1.14 bits per heavy atom. The molecular weight excluding hydrogens is 301 g/mol. The van der Waals surface area contributed by atoms with E-state index in [1.54, 1.807) is 6.92 Å². The lowest BCUT2D eigenvalue weighted by Crippen LogP contribution is -2.29. The molecular formula is C15H17F3O4. The first-order chi connectivity index (χ1) is 10.2. The molecule has 0 radical (unpaired) electrons. The molecule has 0 heterocycles. The Labute approximate surface area is 125 Å². The normalized spacial score (nSPS) is 11.1. The molecule has 0 unspecified atom stereocenters. The first-order valence-electron chi connectivity index (χ1n) is 6.69. The van der Waals surface area contributed by atoms with Crippen molar-refractivity contribution < 1.29 is 33.2 Å². The van der Waals surface area contributed by atoms with E-state index in [-0.39, 0.29) is 16.5 Å². The van der Waals surface area contributed by atoms with Crippen molar-refractivity contribution in [3.05, 3.63) is 35.4 Å². The van der Waals surface area contributed by atoms with Crippen LogP contribution in [0, 0.1) is 11.6 Å². The fourth-order valence-corrected chi connectivity index (χ4v) is 2.02. The minimum atomic E-state index is -4.15. The van der Waals surface area contributed by atoms with Gasteiger partial charge in [0.1, 0.15) is 5.75 Å². The molecule has 0 spiro atoms. The number of fused-ring (bicyclic) bond motifs is 1. The highest BCUT2D eigenvalue weighted by molar-refractivity contribution is 5.93. The third-order valence-electron chi connectivity index (χ3n) is 2.77. The molecule has 0 bridgehead atoms. The average Bonchev–Trinajstić information content (AvgIpc) is 2.43. The van der Waals surface area contributed by atoms with Crippen LogP contribution in [-0.2, 0) is 6.42 Å². The second-order valence-corrected chi connectivity index (χ2v) is 4.19. The Morgan fingerprint density at radius 3 is 2.23 bits per heavy atom. The molecule has 122 valence electrons. The van der Waals surface area contributed by atoms with E-state index in [4.69, 9.17) is 10.2 Å². The van der Waals surface area contributed by atoms with E-state index < -0.39 is 23.6 Å². The molecule has 2 aromatic carbocycles. The Kier molecular flexibility index (Phi) is 5.62. The van der Waals surface area contributed by atoms with Crippen LogP contribution >= 0.6 is 0 Å². The molecule has 7 heteroatoms. The van der Waals surface area contributed by atoms with Crippen LogP contribution < -0.4 is 4.74 Å². The highest BCUT2D eigenvalue weighted by Gasteiger charge is 2.29. The van der Waals surface area contributed by atoms with Gasteiger partial charge in [-0.3, -0.25) is 0 Å². The van der Waals surface area contributed by atoms with Gasteiger partial charge in [-0.15, -0.1) is 4.39 Å². The predicted molar refractivity (Wildman–Crippen MR) is 75.2 cm³/mol. The summed E-state index contributed by atoms with van der Waals surface area (Å²) in [6.45, 7) is 5.67. The molecule has 0 aliphatic heterocycles. The van der Waals surface area contributed by atoms with Gasteiger partial charge in [0.15, 0.2) is 11.6 Å². The van der Waals surface area contributed by atoms with Crippen molar-refractivity contribution in [3.63, 3.8) is 0 Å². The summed E-state index contributed by atoms with van der Waals surface area (Å²) in [5.74, 6) is -4.08. The maximum Gasteiger partial charge on any atom is 0.492 e. The quantitative estimate of drug-likeness (QED) is 0.759. The van der Waals surface area contributed by atoms with Gasteiger partial charge in [0.2, 0.25) is 5.82 Å². The fourth-order valence-electron chi connectivity index (χ4n) is 2.02. The fraction of sp³-hybridized carbons (Fsp3) is 0.333. The largest absolute Gasteiger partial charge is 0.508 e. The minimum Gasteiger partial charge on any atom is -0.508 e. The van der Waals surface area contributed by atoms with Crippen LogP contribution in [-0.4, -0.2) is 21.5 Å². The third kappa shape index (κ3) is 3.80. The summed E-state index contributed by atoms with van der Waals surface area (Å²) >= 11 is 0. The number of alkyl halides is 1. The van der Waals surface area contributed by atoms with Crippen LogP contribution in [0.2, 0.25) is 0 Å². The number of ether oxygens (including phenoxy) is 1. The molecule has 0 amide bonds. The van der Waals surface area contributed by atoms with E-state index in [1.807, 2.05) is 13.8 Å². The highest BCUT2D eigenvalue weighted by atomic mass is 19.2. The Morgan fingerprint density at radius 2 is 1.73 bits per heavy atom. The first kappa shape index (κ1) is 18.1. The molecule has 0 aromatic heterocycles. The number of phenolic OH excluding ortho intramolecular Hbond substituents is 1. The van der Waals surface area contributed by atoms with Crippen LogP contribution in [0.5, 0.6) is 11.5 Å². The number of aryl methyl sites for hydroxylation is 1. The molecule has 3 N–H and O–H groups in total. The number of halogens is 3. The number of hydrogen-bond acceptors (Lipinski definition) is 4. The highest BCUT2D eigenvalue weighted by Crippen LogP contribution is 2.37. The standard InChI is InChI=1S/C13H11F3O4.C2H6/c1-2-6-3-8(17)4-7-5-9(14)11(15)12(10(6)7)20-13(16,18)19;1-2/h3-5,17-19H,2H2,1H3;1-2H3. The summed E-state index contributed by atoms with van der Waals surface area (Å²) in [5, 5.41) is 26.7. The smallest absolute Gasteiger partial charge is 0.492 e. The van der Waals surface area contributed by atoms with Crippen molar-refractivity contribution in [2.24, 2.45) is 0 Å². The molecule has 2 aromatic rings. The lowest BCUT2D eigenvalue weighted by molar-refractivity contribution is -0.375. The summed E-state index contributed by atoms with van der Waals surface area (Å²) in [6.07, 6.45) is -3.85. The SMILES string of the molecule is CC.CCc1cc(O)cc2cc(F)c(F)c(OC(O)(O)F)c12. The lowest BCUT2D eigenvalue weighted by atomic mass is 10.0. The van der Waals surface area contributed by atoms with E-state index in [0.717, 1.165) is 12.1 Å². The van der Waals surface area contributed by atoms with Crippen LogP contribution in [0.1, 0.15) is 26.3 Å². The van der Waals surface area contributed by atoms with Crippen molar-refractivity contribution >= 4 is 10.8 Å². The topological polar surface area (TPSA) is 69.9 Å². The maximum atomic E-state index is 13.7. The molecule has 0 saturated carbocycles. The number of aliphatic hydroxyl groups is 2. The van der Waals surface area contributed by atoms with Gasteiger partial charge >= 0.3 is 6.23 Å². The van der Waals surface area contributed by atoms with Crippen LogP contribution in [0.15, 0.2) is 18.2 Å². The Balaban J connectivity index is 0.00000116. The number of rotatable bonds is 3. The number of benzene rings is 2. The lowest BCUT2D eigenvalue weighted by Gasteiger charge is -2.17. The van der Waals surface area contributed by atoms with Crippen molar-refractivity contribution in [1.82, 2.24) is 0 Å². The summed E-state index contributed by atoms with van der Waals surface area (Å²) in [6, 6.07) is 3.19. The van der Waals surface area contributed by atoms with Crippen molar-refractivity contribution in [2.45, 2.75) is 33.4 Å². The second-order valence-electron chi connectivity index (χ2n) is 4.19. The zero-order chi connectivity index (χ0) is 17.1. The summed E-state index contributed by atoms with van der Waals surface area (Å²) in [4.78, 5) is 0.